The number of carboxylic acids is 1. The van der Waals surface area contributed by atoms with Crippen LogP contribution in [0.3, 0.4) is 0 Å². The number of nitrogens with one attached hydrogen (secondary N) is 4. The Bertz CT molecular complexity index is 1930. The first kappa shape index (κ1) is 50.4. The third-order valence-electron chi connectivity index (χ3n) is 10.8. The molecule has 0 aliphatic carbocycles. The number of fused-ring (bicyclic) bond motifs is 5. The maximum Gasteiger partial charge on any atom is 0.326 e. The van der Waals surface area contributed by atoms with Gasteiger partial charge in [0.1, 0.15) is 36.0 Å². The summed E-state index contributed by atoms with van der Waals surface area (Å²) in [5.41, 5.74) is -1.27. The SMILES string of the molecule is CCCCCCCCCCCC(=O)N(C)[C@H](CO)C(=O)N[C@H](C)C(=O)NCC(=O)N(C)[C@@H]1C(=O)N[C@@H](C)C(=O)N[C@H](C(=O)O)Cc2cc(c([O-])c(N(O)O)c2)-c2cc1ccc2O. The van der Waals surface area contributed by atoms with E-state index in [4.69, 9.17) is 0 Å². The van der Waals surface area contributed by atoms with Gasteiger partial charge in [0.05, 0.1) is 18.8 Å². The van der Waals surface area contributed by atoms with Gasteiger partial charge >= 0.3 is 5.97 Å². The number of anilines is 1. The molecule has 9 N–H and O–H groups in total. The number of hydrogen-bond donors (Lipinski definition) is 9. The minimum absolute atomic E-state index is 0.00564. The van der Waals surface area contributed by atoms with Gasteiger partial charge in [-0.3, -0.25) is 39.2 Å². The highest BCUT2D eigenvalue weighted by molar-refractivity contribution is 5.96. The van der Waals surface area contributed by atoms with Gasteiger partial charge < -0.3 is 51.5 Å². The fourth-order valence-corrected chi connectivity index (χ4v) is 7.00. The predicted octanol–water partition coefficient (Wildman–Crippen LogP) is 1.21. The Morgan fingerprint density at radius 2 is 1.50 bits per heavy atom. The number of aliphatic carboxylic acids is 1. The van der Waals surface area contributed by atoms with Crippen molar-refractivity contribution in [3.8, 4) is 22.6 Å². The highest BCUT2D eigenvalue weighted by Crippen LogP contribution is 2.41. The van der Waals surface area contributed by atoms with Crippen molar-refractivity contribution in [2.75, 3.05) is 32.5 Å². The van der Waals surface area contributed by atoms with Crippen LogP contribution in [0.4, 0.5) is 5.69 Å². The summed E-state index contributed by atoms with van der Waals surface area (Å²) in [7, 11) is 2.59. The van der Waals surface area contributed by atoms with Gasteiger partial charge in [-0.05, 0) is 55.2 Å². The monoisotopic (exact) mass is 870 g/mol. The van der Waals surface area contributed by atoms with Crippen LogP contribution in [0, 0.1) is 0 Å². The number of amides is 6. The summed E-state index contributed by atoms with van der Waals surface area (Å²) >= 11 is 0. The molecule has 0 saturated heterocycles. The number of unbranched alkanes of at least 4 members (excludes halogenated alkanes) is 8. The van der Waals surface area contributed by atoms with Crippen LogP contribution in [0.5, 0.6) is 11.5 Å². The molecule has 62 heavy (non-hydrogen) atoms. The predicted molar refractivity (Wildman–Crippen MR) is 222 cm³/mol. The van der Waals surface area contributed by atoms with Crippen LogP contribution in [0.25, 0.3) is 11.1 Å². The van der Waals surface area contributed by atoms with Crippen LogP contribution in [0.1, 0.15) is 102 Å². The minimum Gasteiger partial charge on any atom is -0.871 e. The largest absolute Gasteiger partial charge is 0.871 e. The molecule has 1 aliphatic heterocycles. The molecule has 5 atom stereocenters. The number of phenolic OH excluding ortho intramolecular Hbond substituents is 1. The number of carbonyl (C=O) groups excluding carboxylic acids is 6. The van der Waals surface area contributed by atoms with Gasteiger partial charge in [0, 0.05) is 32.5 Å². The molecule has 2 aromatic carbocycles. The third kappa shape index (κ3) is 13.8. The van der Waals surface area contributed by atoms with Crippen LogP contribution in [-0.4, -0.2) is 128 Å². The fourth-order valence-electron chi connectivity index (χ4n) is 7.00. The molecule has 0 aromatic heterocycles. The van der Waals surface area contributed by atoms with Crippen molar-refractivity contribution >= 4 is 47.1 Å². The summed E-state index contributed by atoms with van der Waals surface area (Å²) in [6.45, 7) is 3.32. The lowest BCUT2D eigenvalue weighted by Crippen LogP contribution is -2.55. The first-order valence-corrected chi connectivity index (χ1v) is 20.7. The summed E-state index contributed by atoms with van der Waals surface area (Å²) in [6, 6.07) is -1.41. The number of aromatic hydroxyl groups is 1. The molecular weight excluding hydrogens is 810 g/mol. The number of aliphatic hydroxyl groups is 1. The molecule has 0 unspecified atom stereocenters. The van der Waals surface area contributed by atoms with Crippen molar-refractivity contribution in [3.05, 3.63) is 41.5 Å². The Balaban J connectivity index is 1.77. The van der Waals surface area contributed by atoms with Crippen LogP contribution < -0.4 is 31.6 Å². The Hall–Kier alpha value is -5.99. The topological polar surface area (TPSA) is 302 Å². The number of aliphatic hydroxyl groups excluding tert-OH is 1. The molecule has 4 bridgehead atoms. The standard InChI is InChI=1S/C42H61N7O13/c1-6-7-8-9-10-11-12-13-14-15-34(52)47(4)32(23-50)40(57)44-24(2)38(55)43-22-35(53)48(5)36-27-16-17-33(51)28(21-27)29-18-26(20-31(37(29)54)49(61)62)19-30(42(59)60)46-39(56)25(3)45-41(36)58/h16-18,20-21,24-25,30,32,36,50-51,54,61-62H,6-15,19,22-23H2,1-5H3,(H,43,55)(H,44,57)(H,45,58)(H,46,56)(H,59,60)/p-1/t24-,25+,30+,32-,36+/m1/s1. The lowest BCUT2D eigenvalue weighted by atomic mass is 9.93. The zero-order valence-corrected chi connectivity index (χ0v) is 35.8. The summed E-state index contributed by atoms with van der Waals surface area (Å²) in [5, 5.41) is 72.9. The number of hydrogen-bond acceptors (Lipinski definition) is 13. The number of likely N-dealkylation sites (N-methyl/N-ethyl adjacent to an activating group) is 2. The van der Waals surface area contributed by atoms with E-state index in [-0.39, 0.29) is 34.6 Å². The van der Waals surface area contributed by atoms with Gasteiger partial charge in [-0.15, -0.1) is 5.23 Å². The molecule has 20 nitrogen and oxygen atoms in total. The van der Waals surface area contributed by atoms with Crippen molar-refractivity contribution in [1.29, 1.82) is 0 Å². The molecule has 1 heterocycles. The quantitative estimate of drug-likeness (QED) is 0.0668. The number of phenols is 1. The lowest BCUT2D eigenvalue weighted by molar-refractivity contribution is -0.267. The average Bonchev–Trinajstić information content (AvgIpc) is 3.22. The van der Waals surface area contributed by atoms with Crippen molar-refractivity contribution in [3.63, 3.8) is 0 Å². The average molecular weight is 871 g/mol. The number of rotatable bonds is 20. The van der Waals surface area contributed by atoms with Crippen LogP contribution >= 0.6 is 0 Å². The Morgan fingerprint density at radius 1 is 0.871 bits per heavy atom. The van der Waals surface area contributed by atoms with Crippen molar-refractivity contribution in [1.82, 2.24) is 31.1 Å². The molecule has 1 aliphatic rings. The summed E-state index contributed by atoms with van der Waals surface area (Å²) in [5.74, 6) is -7.77. The Labute approximate surface area is 360 Å². The summed E-state index contributed by atoms with van der Waals surface area (Å²) in [6.07, 6.45) is 9.26. The molecule has 0 fully saturated rings. The highest BCUT2D eigenvalue weighted by atomic mass is 16.8. The van der Waals surface area contributed by atoms with Crippen LogP contribution in [0.15, 0.2) is 30.3 Å². The van der Waals surface area contributed by atoms with Crippen LogP contribution in [-0.2, 0) is 40.0 Å². The fraction of sp³-hybridized carbons (Fsp3) is 0.548. The smallest absolute Gasteiger partial charge is 0.326 e. The van der Waals surface area contributed by atoms with Gasteiger partial charge in [0.2, 0.25) is 35.4 Å². The maximum atomic E-state index is 13.9. The molecule has 20 heteroatoms. The van der Waals surface area contributed by atoms with E-state index in [0.29, 0.717) is 6.42 Å². The van der Waals surface area contributed by atoms with Crippen molar-refractivity contribution in [2.24, 2.45) is 0 Å². The molecular formula is C42H60N7O13-. The summed E-state index contributed by atoms with van der Waals surface area (Å²) in [4.78, 5) is 93.9. The van der Waals surface area contributed by atoms with Crippen molar-refractivity contribution < 1.29 is 64.4 Å². The number of nitrogens with zero attached hydrogens (tertiary/aromatic N) is 3. The number of carboxylic acid groups (broad SMARTS) is 1. The van der Waals surface area contributed by atoms with E-state index in [0.717, 1.165) is 47.6 Å². The molecule has 6 amide bonds. The zero-order valence-electron chi connectivity index (χ0n) is 35.8. The van der Waals surface area contributed by atoms with Gasteiger partial charge in [-0.25, -0.2) is 4.79 Å². The van der Waals surface area contributed by atoms with E-state index in [1.54, 1.807) is 0 Å². The van der Waals surface area contributed by atoms with Gasteiger partial charge in [0.15, 0.2) is 0 Å². The first-order chi connectivity index (χ1) is 29.3. The Kier molecular flexibility index (Phi) is 19.4. The van der Waals surface area contributed by atoms with Crippen molar-refractivity contribution in [2.45, 2.75) is 122 Å². The van der Waals surface area contributed by atoms with E-state index in [1.165, 1.54) is 71.8 Å². The second-order valence-corrected chi connectivity index (χ2v) is 15.5. The van der Waals surface area contributed by atoms with Gasteiger partial charge in [-0.1, -0.05) is 76.2 Å². The Morgan fingerprint density at radius 3 is 2.10 bits per heavy atom. The first-order valence-electron chi connectivity index (χ1n) is 20.7. The molecule has 3 rings (SSSR count). The van der Waals surface area contributed by atoms with Gasteiger partial charge in [0.25, 0.3) is 0 Å². The molecule has 0 radical (unpaired) electrons. The number of carbonyl (C=O) groups is 7. The summed E-state index contributed by atoms with van der Waals surface area (Å²) < 4.78 is 0. The third-order valence-corrected chi connectivity index (χ3v) is 10.8. The van der Waals surface area contributed by atoms with E-state index in [9.17, 15) is 64.4 Å². The number of benzene rings is 2. The van der Waals surface area contributed by atoms with Crippen LogP contribution in [0.2, 0.25) is 0 Å². The second-order valence-electron chi connectivity index (χ2n) is 15.5. The molecule has 342 valence electrons. The molecule has 2 aromatic rings. The molecule has 0 saturated carbocycles. The lowest BCUT2D eigenvalue weighted by Gasteiger charge is -2.31. The second kappa shape index (κ2) is 23.9. The molecule has 0 spiro atoms. The van der Waals surface area contributed by atoms with E-state index in [2.05, 4.69) is 28.2 Å². The van der Waals surface area contributed by atoms with E-state index >= 15 is 0 Å². The highest BCUT2D eigenvalue weighted by Gasteiger charge is 2.34. The van der Waals surface area contributed by atoms with E-state index in [1.807, 2.05) is 0 Å². The normalized spacial score (nSPS) is 17.3. The maximum absolute atomic E-state index is 13.9. The van der Waals surface area contributed by atoms with Gasteiger partial charge in [-0.2, -0.15) is 0 Å². The minimum atomic E-state index is -1.63. The zero-order chi connectivity index (χ0) is 46.3. The van der Waals surface area contributed by atoms with E-state index < -0.39 is 108 Å².